The zero-order valence-electron chi connectivity index (χ0n) is 11.1. The third kappa shape index (κ3) is 3.79. The molecule has 0 aliphatic rings. The predicted molar refractivity (Wildman–Crippen MR) is 89.3 cm³/mol. The van der Waals surface area contributed by atoms with Crippen molar-refractivity contribution in [2.75, 3.05) is 7.05 Å². The lowest BCUT2D eigenvalue weighted by Gasteiger charge is -2.18. The molecule has 0 fully saturated rings. The molecule has 0 saturated carbocycles. The molecule has 112 valence electrons. The largest absolute Gasteiger partial charge is 0.243 e. The van der Waals surface area contributed by atoms with Gasteiger partial charge >= 0.3 is 0 Å². The molecule has 0 amide bonds. The molecule has 2 aromatic rings. The molecule has 0 aliphatic heterocycles. The van der Waals surface area contributed by atoms with Crippen molar-refractivity contribution in [2.24, 2.45) is 0 Å². The van der Waals surface area contributed by atoms with Crippen LogP contribution < -0.4 is 0 Å². The number of hydrogen-bond donors (Lipinski definition) is 0. The fourth-order valence-corrected chi connectivity index (χ4v) is 3.72. The normalized spacial score (nSPS) is 11.9. The lowest BCUT2D eigenvalue weighted by molar-refractivity contribution is 0.466. The first-order valence-corrected chi connectivity index (χ1v) is 8.96. The summed E-state index contributed by atoms with van der Waals surface area (Å²) in [5, 5.41) is 0.538. The molecular formula is C14H12BrCl2NO2S. The van der Waals surface area contributed by atoms with Crippen LogP contribution in [-0.2, 0) is 16.6 Å². The summed E-state index contributed by atoms with van der Waals surface area (Å²) in [6, 6.07) is 11.7. The summed E-state index contributed by atoms with van der Waals surface area (Å²) in [5.41, 5.74) is 0.878. The molecule has 2 rings (SSSR count). The van der Waals surface area contributed by atoms with E-state index in [-0.39, 0.29) is 16.5 Å². The van der Waals surface area contributed by atoms with Gasteiger partial charge in [-0.25, -0.2) is 8.42 Å². The van der Waals surface area contributed by atoms with Crippen LogP contribution in [0.1, 0.15) is 5.56 Å². The zero-order chi connectivity index (χ0) is 15.6. The summed E-state index contributed by atoms with van der Waals surface area (Å²) < 4.78 is 27.2. The second-order valence-electron chi connectivity index (χ2n) is 4.43. The van der Waals surface area contributed by atoms with Crippen molar-refractivity contribution in [1.82, 2.24) is 4.31 Å². The lowest BCUT2D eigenvalue weighted by atomic mass is 10.2. The minimum Gasteiger partial charge on any atom is -0.207 e. The Kier molecular flexibility index (Phi) is 5.33. The highest BCUT2D eigenvalue weighted by molar-refractivity contribution is 9.10. The monoisotopic (exact) mass is 407 g/mol. The lowest BCUT2D eigenvalue weighted by Crippen LogP contribution is -2.26. The van der Waals surface area contributed by atoms with Gasteiger partial charge in [0.2, 0.25) is 10.0 Å². The topological polar surface area (TPSA) is 37.4 Å². The summed E-state index contributed by atoms with van der Waals surface area (Å²) in [6.07, 6.45) is 0. The van der Waals surface area contributed by atoms with Gasteiger partial charge in [-0.05, 0) is 29.8 Å². The third-order valence-electron chi connectivity index (χ3n) is 2.95. The van der Waals surface area contributed by atoms with E-state index in [1.165, 1.54) is 29.6 Å². The molecule has 0 heterocycles. The smallest absolute Gasteiger partial charge is 0.207 e. The Morgan fingerprint density at radius 2 is 1.76 bits per heavy atom. The second kappa shape index (κ2) is 6.67. The standard InChI is InChI=1S/C14H12BrCl2NO2S/c1-18(9-10-4-2-3-5-12(10)15)21(19,20)11-6-7-13(16)14(17)8-11/h2-8H,9H2,1H3. The Morgan fingerprint density at radius 3 is 2.38 bits per heavy atom. The van der Waals surface area contributed by atoms with Crippen LogP contribution in [0.25, 0.3) is 0 Å². The van der Waals surface area contributed by atoms with E-state index in [1.54, 1.807) is 0 Å². The minimum atomic E-state index is -3.62. The first-order chi connectivity index (χ1) is 9.82. The molecule has 0 unspecified atom stereocenters. The molecule has 0 aliphatic carbocycles. The Morgan fingerprint density at radius 1 is 1.10 bits per heavy atom. The maximum atomic E-state index is 12.5. The van der Waals surface area contributed by atoms with Gasteiger partial charge in [0.1, 0.15) is 0 Å². The van der Waals surface area contributed by atoms with Crippen molar-refractivity contribution in [2.45, 2.75) is 11.4 Å². The van der Waals surface area contributed by atoms with Crippen molar-refractivity contribution in [3.8, 4) is 0 Å². The SMILES string of the molecule is CN(Cc1ccccc1Br)S(=O)(=O)c1ccc(Cl)c(Cl)c1. The van der Waals surface area contributed by atoms with E-state index in [2.05, 4.69) is 15.9 Å². The molecule has 7 heteroatoms. The quantitative estimate of drug-likeness (QED) is 0.742. The van der Waals surface area contributed by atoms with Crippen molar-refractivity contribution in [3.63, 3.8) is 0 Å². The van der Waals surface area contributed by atoms with Crippen molar-refractivity contribution >= 4 is 49.2 Å². The summed E-state index contributed by atoms with van der Waals surface area (Å²) in [6.45, 7) is 0.254. The summed E-state index contributed by atoms with van der Waals surface area (Å²) >= 11 is 15.1. The van der Waals surface area contributed by atoms with Crippen LogP contribution in [-0.4, -0.2) is 19.8 Å². The maximum Gasteiger partial charge on any atom is 0.243 e. The van der Waals surface area contributed by atoms with Gasteiger partial charge in [-0.15, -0.1) is 0 Å². The van der Waals surface area contributed by atoms with Gasteiger partial charge in [0, 0.05) is 18.1 Å². The van der Waals surface area contributed by atoms with E-state index in [1.807, 2.05) is 24.3 Å². The summed E-state index contributed by atoms with van der Waals surface area (Å²) in [7, 11) is -2.10. The van der Waals surface area contributed by atoms with Gasteiger partial charge < -0.3 is 0 Å². The van der Waals surface area contributed by atoms with E-state index in [4.69, 9.17) is 23.2 Å². The minimum absolute atomic E-state index is 0.117. The Bertz CT molecular complexity index is 765. The molecule has 0 aromatic heterocycles. The van der Waals surface area contributed by atoms with E-state index in [0.29, 0.717) is 5.02 Å². The molecule has 0 radical (unpaired) electrons. The van der Waals surface area contributed by atoms with Gasteiger partial charge in [-0.3, -0.25) is 0 Å². The van der Waals surface area contributed by atoms with Crippen LogP contribution in [0.15, 0.2) is 51.8 Å². The fraction of sp³-hybridized carbons (Fsp3) is 0.143. The zero-order valence-corrected chi connectivity index (χ0v) is 15.0. The van der Waals surface area contributed by atoms with Crippen LogP contribution in [0.3, 0.4) is 0 Å². The highest BCUT2D eigenvalue weighted by Crippen LogP contribution is 2.27. The van der Waals surface area contributed by atoms with Crippen LogP contribution in [0.2, 0.25) is 10.0 Å². The molecule has 2 aromatic carbocycles. The molecule has 0 bridgehead atoms. The summed E-state index contributed by atoms with van der Waals surface area (Å²) in [4.78, 5) is 0.117. The van der Waals surface area contributed by atoms with Crippen LogP contribution in [0.4, 0.5) is 0 Å². The van der Waals surface area contributed by atoms with Crippen LogP contribution >= 0.6 is 39.1 Å². The van der Waals surface area contributed by atoms with Gasteiger partial charge in [-0.1, -0.05) is 57.3 Å². The van der Waals surface area contributed by atoms with Gasteiger partial charge in [0.25, 0.3) is 0 Å². The highest BCUT2D eigenvalue weighted by atomic mass is 79.9. The van der Waals surface area contributed by atoms with Crippen molar-refractivity contribution < 1.29 is 8.42 Å². The second-order valence-corrected chi connectivity index (χ2v) is 8.14. The maximum absolute atomic E-state index is 12.5. The van der Waals surface area contributed by atoms with Crippen LogP contribution in [0.5, 0.6) is 0 Å². The van der Waals surface area contributed by atoms with Gasteiger partial charge in [0.15, 0.2) is 0 Å². The third-order valence-corrected chi connectivity index (χ3v) is 6.26. The van der Waals surface area contributed by atoms with Crippen LogP contribution in [0, 0.1) is 0 Å². The first kappa shape index (κ1) is 16.8. The Hall–Kier alpha value is -0.590. The molecule has 21 heavy (non-hydrogen) atoms. The van der Waals surface area contributed by atoms with E-state index in [9.17, 15) is 8.42 Å². The Balaban J connectivity index is 2.30. The number of halogens is 3. The number of rotatable bonds is 4. The molecule has 0 N–H and O–H groups in total. The molecule has 3 nitrogen and oxygen atoms in total. The first-order valence-electron chi connectivity index (χ1n) is 5.97. The van der Waals surface area contributed by atoms with Crippen molar-refractivity contribution in [3.05, 3.63) is 62.5 Å². The molecule has 0 spiro atoms. The predicted octanol–water partition coefficient (Wildman–Crippen LogP) is 4.58. The average Bonchev–Trinajstić information content (AvgIpc) is 2.44. The van der Waals surface area contributed by atoms with Gasteiger partial charge in [-0.2, -0.15) is 4.31 Å². The highest BCUT2D eigenvalue weighted by Gasteiger charge is 2.22. The van der Waals surface area contributed by atoms with E-state index in [0.717, 1.165) is 10.0 Å². The van der Waals surface area contributed by atoms with Gasteiger partial charge in [0.05, 0.1) is 14.9 Å². The molecule has 0 atom stereocenters. The number of sulfonamides is 1. The summed E-state index contributed by atoms with van der Waals surface area (Å²) in [5.74, 6) is 0. The number of benzene rings is 2. The average molecular weight is 409 g/mol. The number of nitrogens with zero attached hydrogens (tertiary/aromatic N) is 1. The Labute approximate surface area is 142 Å². The van der Waals surface area contributed by atoms with E-state index >= 15 is 0 Å². The number of hydrogen-bond acceptors (Lipinski definition) is 2. The molecular weight excluding hydrogens is 397 g/mol. The fourth-order valence-electron chi connectivity index (χ4n) is 1.77. The van der Waals surface area contributed by atoms with E-state index < -0.39 is 10.0 Å². The van der Waals surface area contributed by atoms with Crippen molar-refractivity contribution in [1.29, 1.82) is 0 Å². The molecule has 0 saturated heterocycles.